The average molecular weight is 347 g/mol. The van der Waals surface area contributed by atoms with E-state index in [2.05, 4.69) is 0 Å². The SMILES string of the molecule is CC(=N)c1ccc(COc2cc(OS(C)(=O)=O)c(C)cc2C)cc1. The average Bonchev–Trinajstić information content (AvgIpc) is 2.48. The summed E-state index contributed by atoms with van der Waals surface area (Å²) in [6.07, 6.45) is 1.01. The molecule has 2 rings (SSSR count). The Kier molecular flexibility index (Phi) is 5.29. The molecule has 0 unspecified atom stereocenters. The Bertz CT molecular complexity index is 855. The van der Waals surface area contributed by atoms with Gasteiger partial charge in [0.15, 0.2) is 0 Å². The summed E-state index contributed by atoms with van der Waals surface area (Å²) in [5.41, 5.74) is 3.98. The van der Waals surface area contributed by atoms with Gasteiger partial charge in [0.2, 0.25) is 0 Å². The van der Waals surface area contributed by atoms with Gasteiger partial charge in [-0.15, -0.1) is 0 Å². The van der Waals surface area contributed by atoms with Crippen LogP contribution in [-0.4, -0.2) is 20.4 Å². The van der Waals surface area contributed by atoms with Crippen molar-refractivity contribution in [3.63, 3.8) is 0 Å². The number of ether oxygens (including phenoxy) is 1. The van der Waals surface area contributed by atoms with Crippen LogP contribution in [0, 0.1) is 19.3 Å². The highest BCUT2D eigenvalue weighted by molar-refractivity contribution is 7.86. The second-order valence-corrected chi connectivity index (χ2v) is 7.36. The van der Waals surface area contributed by atoms with Crippen LogP contribution >= 0.6 is 0 Å². The molecule has 24 heavy (non-hydrogen) atoms. The lowest BCUT2D eigenvalue weighted by molar-refractivity contribution is 0.303. The topological polar surface area (TPSA) is 76.5 Å². The maximum Gasteiger partial charge on any atom is 0.306 e. The van der Waals surface area contributed by atoms with E-state index in [-0.39, 0.29) is 5.75 Å². The first-order chi connectivity index (χ1) is 11.2. The summed E-state index contributed by atoms with van der Waals surface area (Å²) in [5.74, 6) is 0.847. The molecule has 0 amide bonds. The minimum absolute atomic E-state index is 0.271. The van der Waals surface area contributed by atoms with Crippen molar-refractivity contribution in [3.8, 4) is 11.5 Å². The van der Waals surface area contributed by atoms with Crippen molar-refractivity contribution in [1.29, 1.82) is 5.41 Å². The summed E-state index contributed by atoms with van der Waals surface area (Å²) in [5, 5.41) is 7.59. The molecular weight excluding hydrogens is 326 g/mol. The van der Waals surface area contributed by atoms with Crippen LogP contribution in [0.5, 0.6) is 11.5 Å². The Morgan fingerprint density at radius 3 is 2.17 bits per heavy atom. The van der Waals surface area contributed by atoms with Gasteiger partial charge in [0.1, 0.15) is 18.1 Å². The quantitative estimate of drug-likeness (QED) is 0.640. The molecule has 1 N–H and O–H groups in total. The van der Waals surface area contributed by atoms with Crippen molar-refractivity contribution in [2.24, 2.45) is 0 Å². The van der Waals surface area contributed by atoms with Crippen molar-refractivity contribution < 1.29 is 17.3 Å². The highest BCUT2D eigenvalue weighted by atomic mass is 32.2. The summed E-state index contributed by atoms with van der Waals surface area (Å²) in [6.45, 7) is 5.77. The molecule has 0 aliphatic rings. The van der Waals surface area contributed by atoms with Gasteiger partial charge < -0.3 is 14.3 Å². The molecule has 0 saturated carbocycles. The molecule has 6 heteroatoms. The minimum atomic E-state index is -3.58. The van der Waals surface area contributed by atoms with E-state index < -0.39 is 10.1 Å². The summed E-state index contributed by atoms with van der Waals surface area (Å²) < 4.78 is 33.5. The number of rotatable bonds is 6. The van der Waals surface area contributed by atoms with Crippen molar-refractivity contribution in [1.82, 2.24) is 0 Å². The smallest absolute Gasteiger partial charge is 0.306 e. The molecule has 0 aliphatic carbocycles. The highest BCUT2D eigenvalue weighted by Crippen LogP contribution is 2.29. The molecule has 5 nitrogen and oxygen atoms in total. The predicted octanol–water partition coefficient (Wildman–Crippen LogP) is 3.61. The maximum atomic E-state index is 11.3. The summed E-state index contributed by atoms with van der Waals surface area (Å²) >= 11 is 0. The standard InChI is InChI=1S/C18H21NO4S/c1-12-9-13(2)18(23-24(4,20)21)10-17(12)22-11-15-5-7-16(8-6-15)14(3)19/h5-10,19H,11H2,1-4H3. The van der Waals surface area contributed by atoms with E-state index >= 15 is 0 Å². The number of hydrogen-bond donors (Lipinski definition) is 1. The molecule has 0 spiro atoms. The number of benzene rings is 2. The van der Waals surface area contributed by atoms with Crippen LogP contribution in [0.15, 0.2) is 36.4 Å². The zero-order valence-corrected chi connectivity index (χ0v) is 15.0. The van der Waals surface area contributed by atoms with Gasteiger partial charge in [0.05, 0.1) is 6.26 Å². The molecule has 0 saturated heterocycles. The fourth-order valence-electron chi connectivity index (χ4n) is 2.23. The van der Waals surface area contributed by atoms with Gasteiger partial charge in [0, 0.05) is 11.8 Å². The minimum Gasteiger partial charge on any atom is -0.488 e. The lowest BCUT2D eigenvalue weighted by atomic mass is 10.1. The summed E-state index contributed by atoms with van der Waals surface area (Å²) in [4.78, 5) is 0. The third-order valence-corrected chi connectivity index (χ3v) is 3.98. The van der Waals surface area contributed by atoms with Crippen molar-refractivity contribution >= 4 is 15.8 Å². The summed E-state index contributed by atoms with van der Waals surface area (Å²) in [7, 11) is -3.58. The molecule has 2 aromatic rings. The van der Waals surface area contributed by atoms with Crippen LogP contribution in [0.1, 0.15) is 29.2 Å². The van der Waals surface area contributed by atoms with Gasteiger partial charge >= 0.3 is 10.1 Å². The van der Waals surface area contributed by atoms with Gasteiger partial charge in [-0.3, -0.25) is 0 Å². The van der Waals surface area contributed by atoms with Crippen LogP contribution in [0.4, 0.5) is 0 Å². The maximum absolute atomic E-state index is 11.3. The van der Waals surface area contributed by atoms with E-state index in [1.54, 1.807) is 19.9 Å². The van der Waals surface area contributed by atoms with Gasteiger partial charge in [-0.05, 0) is 49.1 Å². The monoisotopic (exact) mass is 347 g/mol. The third kappa shape index (κ3) is 4.83. The van der Waals surface area contributed by atoms with Crippen molar-refractivity contribution in [2.75, 3.05) is 6.26 Å². The molecule has 0 fully saturated rings. The Morgan fingerprint density at radius 2 is 1.62 bits per heavy atom. The first kappa shape index (κ1) is 18.0. The van der Waals surface area contributed by atoms with Crippen LogP contribution < -0.4 is 8.92 Å². The normalized spacial score (nSPS) is 11.2. The first-order valence-corrected chi connectivity index (χ1v) is 9.25. The summed E-state index contributed by atoms with van der Waals surface area (Å²) in [6, 6.07) is 11.0. The molecule has 0 bridgehead atoms. The lowest BCUT2D eigenvalue weighted by Crippen LogP contribution is -2.07. The van der Waals surface area contributed by atoms with E-state index in [1.807, 2.05) is 37.3 Å². The number of aryl methyl sites for hydroxylation is 2. The van der Waals surface area contributed by atoms with E-state index in [1.165, 1.54) is 0 Å². The fourth-order valence-corrected chi connectivity index (χ4v) is 2.74. The largest absolute Gasteiger partial charge is 0.488 e. The van der Waals surface area contributed by atoms with Gasteiger partial charge in [-0.2, -0.15) is 8.42 Å². The van der Waals surface area contributed by atoms with Crippen LogP contribution in [0.3, 0.4) is 0 Å². The van der Waals surface area contributed by atoms with Crippen molar-refractivity contribution in [2.45, 2.75) is 27.4 Å². The second kappa shape index (κ2) is 7.05. The molecule has 0 aromatic heterocycles. The van der Waals surface area contributed by atoms with E-state index in [9.17, 15) is 8.42 Å². The van der Waals surface area contributed by atoms with Crippen LogP contribution in [0.25, 0.3) is 0 Å². The zero-order chi connectivity index (χ0) is 17.9. The molecular formula is C18H21NO4S. The first-order valence-electron chi connectivity index (χ1n) is 7.43. The lowest BCUT2D eigenvalue weighted by Gasteiger charge is -2.13. The van der Waals surface area contributed by atoms with Crippen LogP contribution in [-0.2, 0) is 16.7 Å². The number of hydrogen-bond acceptors (Lipinski definition) is 5. The fraction of sp³-hybridized carbons (Fsp3) is 0.278. The van der Waals surface area contributed by atoms with Gasteiger partial charge in [0.25, 0.3) is 0 Å². The zero-order valence-electron chi connectivity index (χ0n) is 14.2. The predicted molar refractivity (Wildman–Crippen MR) is 94.7 cm³/mol. The Balaban J connectivity index is 2.17. The third-order valence-electron chi connectivity index (χ3n) is 3.49. The molecule has 128 valence electrons. The van der Waals surface area contributed by atoms with E-state index in [0.29, 0.717) is 18.1 Å². The van der Waals surface area contributed by atoms with Crippen molar-refractivity contribution in [3.05, 3.63) is 58.7 Å². The van der Waals surface area contributed by atoms with E-state index in [4.69, 9.17) is 14.3 Å². The highest BCUT2D eigenvalue weighted by Gasteiger charge is 2.12. The second-order valence-electron chi connectivity index (χ2n) is 5.78. The Labute approximate surface area is 142 Å². The molecule has 0 radical (unpaired) electrons. The molecule has 0 aliphatic heterocycles. The number of nitrogens with one attached hydrogen (secondary N) is 1. The Morgan fingerprint density at radius 1 is 1.04 bits per heavy atom. The van der Waals surface area contributed by atoms with Gasteiger partial charge in [-0.25, -0.2) is 0 Å². The molecule has 0 atom stereocenters. The van der Waals surface area contributed by atoms with E-state index in [0.717, 1.165) is 28.5 Å². The Hall–Kier alpha value is -2.34. The molecule has 2 aromatic carbocycles. The van der Waals surface area contributed by atoms with Crippen LogP contribution in [0.2, 0.25) is 0 Å². The van der Waals surface area contributed by atoms with Gasteiger partial charge in [-0.1, -0.05) is 24.3 Å². The molecule has 0 heterocycles.